The summed E-state index contributed by atoms with van der Waals surface area (Å²) in [5, 5.41) is 3.06. The van der Waals surface area contributed by atoms with Gasteiger partial charge in [-0.2, -0.15) is 0 Å². The van der Waals surface area contributed by atoms with E-state index in [0.717, 1.165) is 17.1 Å². The van der Waals surface area contributed by atoms with Gasteiger partial charge in [-0.1, -0.05) is 18.2 Å². The van der Waals surface area contributed by atoms with Gasteiger partial charge in [-0.15, -0.1) is 22.7 Å². The number of hydrogen-bond acceptors (Lipinski definition) is 4. The van der Waals surface area contributed by atoms with E-state index in [1.165, 1.54) is 14.5 Å². The van der Waals surface area contributed by atoms with E-state index in [9.17, 15) is 4.79 Å². The summed E-state index contributed by atoms with van der Waals surface area (Å²) in [7, 11) is 3.94. The van der Waals surface area contributed by atoms with Gasteiger partial charge in [0.15, 0.2) is 6.54 Å². The van der Waals surface area contributed by atoms with E-state index in [-0.39, 0.29) is 11.9 Å². The molecule has 0 aliphatic heterocycles. The van der Waals surface area contributed by atoms with Crippen molar-refractivity contribution in [1.29, 1.82) is 0 Å². The summed E-state index contributed by atoms with van der Waals surface area (Å²) in [5.41, 5.74) is 1.01. The second-order valence-corrected chi connectivity index (χ2v) is 8.18. The molecule has 0 radical (unpaired) electrons. The number of amides is 1. The van der Waals surface area contributed by atoms with Crippen LogP contribution in [-0.4, -0.2) is 36.4 Å². The van der Waals surface area contributed by atoms with Crippen LogP contribution in [0.1, 0.15) is 22.9 Å². The molecule has 0 aliphatic carbocycles. The SMILES string of the molecule is C[C@H](c1nc2ccccc2s1)N(C)C(=O)C[NH+](C)Cc1cccs1. The number of benzene rings is 1. The van der Waals surface area contributed by atoms with Gasteiger partial charge in [0.05, 0.1) is 28.2 Å². The minimum Gasteiger partial charge on any atom is -0.332 e. The molecule has 2 atom stereocenters. The fourth-order valence-electron chi connectivity index (χ4n) is 2.61. The molecule has 0 saturated carbocycles. The highest BCUT2D eigenvalue weighted by molar-refractivity contribution is 7.18. The lowest BCUT2D eigenvalue weighted by atomic mass is 10.3. The maximum atomic E-state index is 12.6. The van der Waals surface area contributed by atoms with Crippen LogP contribution in [-0.2, 0) is 11.3 Å². The molecule has 3 aromatic rings. The maximum Gasteiger partial charge on any atom is 0.278 e. The predicted octanol–water partition coefficient (Wildman–Crippen LogP) is 2.59. The van der Waals surface area contributed by atoms with Crippen LogP contribution in [0.2, 0.25) is 0 Å². The highest BCUT2D eigenvalue weighted by atomic mass is 32.1. The van der Waals surface area contributed by atoms with E-state index in [1.54, 1.807) is 22.7 Å². The van der Waals surface area contributed by atoms with Gasteiger partial charge >= 0.3 is 0 Å². The van der Waals surface area contributed by atoms with E-state index in [0.29, 0.717) is 6.54 Å². The van der Waals surface area contributed by atoms with Crippen molar-refractivity contribution in [1.82, 2.24) is 9.88 Å². The van der Waals surface area contributed by atoms with Crippen LogP contribution in [0.4, 0.5) is 0 Å². The van der Waals surface area contributed by atoms with Gasteiger partial charge in [0.25, 0.3) is 5.91 Å². The highest BCUT2D eigenvalue weighted by Gasteiger charge is 2.23. The fraction of sp³-hybridized carbons (Fsp3) is 0.333. The van der Waals surface area contributed by atoms with Crippen molar-refractivity contribution in [3.63, 3.8) is 0 Å². The molecule has 0 bridgehead atoms. The number of quaternary nitrogens is 1. The second kappa shape index (κ2) is 7.42. The third-order valence-electron chi connectivity index (χ3n) is 4.15. The number of para-hydroxylation sites is 1. The molecule has 1 unspecified atom stereocenters. The van der Waals surface area contributed by atoms with E-state index in [4.69, 9.17) is 0 Å². The van der Waals surface area contributed by atoms with Gasteiger partial charge in [-0.3, -0.25) is 4.79 Å². The standard InChI is InChI=1S/C18H21N3OS2/c1-13(18-19-15-8-4-5-9-16(15)24-18)21(3)17(22)12-20(2)11-14-7-6-10-23-14/h4-10,13H,11-12H2,1-3H3/p+1/t13-/m1/s1. The van der Waals surface area contributed by atoms with Crippen molar-refractivity contribution < 1.29 is 9.69 Å². The summed E-state index contributed by atoms with van der Waals surface area (Å²) >= 11 is 3.40. The van der Waals surface area contributed by atoms with Gasteiger partial charge in [0.2, 0.25) is 0 Å². The molecule has 2 heterocycles. The molecule has 1 N–H and O–H groups in total. The van der Waals surface area contributed by atoms with Crippen molar-refractivity contribution in [2.75, 3.05) is 20.6 Å². The lowest BCUT2D eigenvalue weighted by molar-refractivity contribution is -0.885. The lowest BCUT2D eigenvalue weighted by Crippen LogP contribution is -3.08. The monoisotopic (exact) mass is 360 g/mol. The van der Waals surface area contributed by atoms with Crippen molar-refractivity contribution in [3.8, 4) is 0 Å². The number of nitrogens with one attached hydrogen (secondary N) is 1. The van der Waals surface area contributed by atoms with Crippen molar-refractivity contribution >= 4 is 38.8 Å². The first-order chi connectivity index (χ1) is 11.5. The molecule has 0 saturated heterocycles. The Morgan fingerprint density at radius 1 is 1.29 bits per heavy atom. The number of thiophene rings is 1. The molecule has 2 aromatic heterocycles. The average molecular weight is 361 g/mol. The normalized spacial score (nSPS) is 13.8. The number of aromatic nitrogens is 1. The van der Waals surface area contributed by atoms with E-state index in [2.05, 4.69) is 35.6 Å². The minimum atomic E-state index is -0.00978. The Kier molecular flexibility index (Phi) is 5.28. The molecule has 3 rings (SSSR count). The van der Waals surface area contributed by atoms with Gasteiger partial charge in [-0.25, -0.2) is 4.98 Å². The summed E-state index contributed by atoms with van der Waals surface area (Å²) in [6, 6.07) is 12.3. The summed E-state index contributed by atoms with van der Waals surface area (Å²) < 4.78 is 1.17. The van der Waals surface area contributed by atoms with E-state index in [1.807, 2.05) is 37.1 Å². The number of rotatable bonds is 6. The quantitative estimate of drug-likeness (QED) is 0.734. The molecule has 0 fully saturated rings. The molecule has 1 amide bonds. The van der Waals surface area contributed by atoms with E-state index < -0.39 is 0 Å². The Bertz CT molecular complexity index is 780. The number of hydrogen-bond donors (Lipinski definition) is 1. The van der Waals surface area contributed by atoms with Gasteiger partial charge < -0.3 is 9.80 Å². The summed E-state index contributed by atoms with van der Waals surface area (Å²) in [6.07, 6.45) is 0. The number of likely N-dealkylation sites (N-methyl/N-ethyl adjacent to an activating group) is 2. The Labute approximate surface area is 150 Å². The van der Waals surface area contributed by atoms with Crippen LogP contribution in [0.25, 0.3) is 10.2 Å². The lowest BCUT2D eigenvalue weighted by Gasteiger charge is -2.24. The Hall–Kier alpha value is -1.76. The number of fused-ring (bicyclic) bond motifs is 1. The zero-order valence-electron chi connectivity index (χ0n) is 14.2. The van der Waals surface area contributed by atoms with E-state index >= 15 is 0 Å². The largest absolute Gasteiger partial charge is 0.332 e. The summed E-state index contributed by atoms with van der Waals surface area (Å²) in [5.74, 6) is 0.149. The molecule has 24 heavy (non-hydrogen) atoms. The molecule has 126 valence electrons. The number of nitrogens with zero attached hydrogens (tertiary/aromatic N) is 2. The van der Waals surface area contributed by atoms with Crippen LogP contribution in [0.15, 0.2) is 41.8 Å². The fourth-order valence-corrected chi connectivity index (χ4v) is 4.49. The molecule has 0 spiro atoms. The maximum absolute atomic E-state index is 12.6. The van der Waals surface area contributed by atoms with Gasteiger partial charge in [-0.05, 0) is 30.5 Å². The molecular weight excluding hydrogens is 338 g/mol. The third kappa shape index (κ3) is 3.83. The first-order valence-corrected chi connectivity index (χ1v) is 9.69. The molecule has 6 heteroatoms. The molecule has 4 nitrogen and oxygen atoms in total. The highest BCUT2D eigenvalue weighted by Crippen LogP contribution is 2.28. The van der Waals surface area contributed by atoms with Crippen LogP contribution in [0.3, 0.4) is 0 Å². The molecule has 1 aromatic carbocycles. The Balaban J connectivity index is 1.63. The number of carbonyl (C=O) groups is 1. The first-order valence-electron chi connectivity index (χ1n) is 7.99. The smallest absolute Gasteiger partial charge is 0.278 e. The van der Waals surface area contributed by atoms with Crippen LogP contribution < -0.4 is 4.90 Å². The zero-order chi connectivity index (χ0) is 17.1. The Morgan fingerprint density at radius 3 is 2.79 bits per heavy atom. The zero-order valence-corrected chi connectivity index (χ0v) is 15.8. The molecular formula is C18H22N3OS2+. The number of thiazole rings is 1. The van der Waals surface area contributed by atoms with Crippen LogP contribution >= 0.6 is 22.7 Å². The third-order valence-corrected chi connectivity index (χ3v) is 6.23. The predicted molar refractivity (Wildman–Crippen MR) is 101 cm³/mol. The van der Waals surface area contributed by atoms with Gasteiger partial charge in [0.1, 0.15) is 11.6 Å². The van der Waals surface area contributed by atoms with Gasteiger partial charge in [0, 0.05) is 7.05 Å². The Morgan fingerprint density at radius 2 is 2.08 bits per heavy atom. The number of carbonyl (C=O) groups excluding carboxylic acids is 1. The second-order valence-electron chi connectivity index (χ2n) is 6.09. The van der Waals surface area contributed by atoms with Crippen LogP contribution in [0, 0.1) is 0 Å². The van der Waals surface area contributed by atoms with Crippen LogP contribution in [0.5, 0.6) is 0 Å². The topological polar surface area (TPSA) is 37.6 Å². The minimum absolute atomic E-state index is 0.00978. The average Bonchev–Trinajstić information content (AvgIpc) is 3.22. The van der Waals surface area contributed by atoms with Crippen molar-refractivity contribution in [2.24, 2.45) is 0 Å². The summed E-state index contributed by atoms with van der Waals surface area (Å²) in [6.45, 7) is 3.42. The summed E-state index contributed by atoms with van der Waals surface area (Å²) in [4.78, 5) is 21.6. The first kappa shape index (κ1) is 17.1. The van der Waals surface area contributed by atoms with Crippen molar-refractivity contribution in [3.05, 3.63) is 51.7 Å². The molecule has 0 aliphatic rings. The van der Waals surface area contributed by atoms with Crippen molar-refractivity contribution in [2.45, 2.75) is 19.5 Å².